The van der Waals surface area contributed by atoms with E-state index in [9.17, 15) is 10.1 Å². The van der Waals surface area contributed by atoms with Gasteiger partial charge in [-0.15, -0.1) is 0 Å². The molecule has 1 aromatic carbocycles. The summed E-state index contributed by atoms with van der Waals surface area (Å²) in [4.78, 5) is 12.2. The maximum atomic E-state index is 12.2. The van der Waals surface area contributed by atoms with Crippen LogP contribution in [-0.2, 0) is 14.3 Å². The topological polar surface area (TPSA) is 85.3 Å². The molecule has 0 fully saturated rings. The van der Waals surface area contributed by atoms with Crippen molar-refractivity contribution in [3.63, 3.8) is 0 Å². The first-order chi connectivity index (χ1) is 10.5. The third-order valence-electron chi connectivity index (χ3n) is 3.31. The average Bonchev–Trinajstić information content (AvgIpc) is 2.50. The number of carbonyl (C=O) groups excluding carboxylic acids is 1. The number of halogens is 1. The van der Waals surface area contributed by atoms with Crippen LogP contribution >= 0.6 is 11.6 Å². The van der Waals surface area contributed by atoms with Crippen LogP contribution in [0.1, 0.15) is 19.4 Å². The molecule has 0 aromatic heterocycles. The molecule has 0 saturated heterocycles. The van der Waals surface area contributed by atoms with Gasteiger partial charge < -0.3 is 15.2 Å². The van der Waals surface area contributed by atoms with Crippen LogP contribution in [0.25, 0.3) is 5.76 Å². The summed E-state index contributed by atoms with van der Waals surface area (Å²) in [6, 6.07) is 8.86. The van der Waals surface area contributed by atoms with E-state index in [4.69, 9.17) is 26.8 Å². The van der Waals surface area contributed by atoms with E-state index in [1.165, 1.54) is 0 Å². The van der Waals surface area contributed by atoms with E-state index in [2.05, 4.69) is 0 Å². The Kier molecular flexibility index (Phi) is 4.74. The van der Waals surface area contributed by atoms with Gasteiger partial charge in [0.05, 0.1) is 6.61 Å². The van der Waals surface area contributed by atoms with Crippen LogP contribution in [0.4, 0.5) is 0 Å². The van der Waals surface area contributed by atoms with Crippen molar-refractivity contribution >= 4 is 23.3 Å². The van der Waals surface area contributed by atoms with Gasteiger partial charge in [0.1, 0.15) is 23.3 Å². The molecule has 0 saturated carbocycles. The highest BCUT2D eigenvalue weighted by atomic mass is 35.5. The molecule has 0 unspecified atom stereocenters. The Morgan fingerprint density at radius 3 is 2.64 bits per heavy atom. The number of hydrogen-bond acceptors (Lipinski definition) is 5. The van der Waals surface area contributed by atoms with E-state index < -0.39 is 11.9 Å². The number of nitrogens with two attached hydrogens (primary N) is 1. The molecule has 1 atom stereocenters. The molecule has 0 aliphatic carbocycles. The van der Waals surface area contributed by atoms with Crippen molar-refractivity contribution < 1.29 is 14.3 Å². The molecule has 1 aliphatic heterocycles. The summed E-state index contributed by atoms with van der Waals surface area (Å²) < 4.78 is 10.6. The average molecular weight is 319 g/mol. The summed E-state index contributed by atoms with van der Waals surface area (Å²) >= 11 is 5.87. The van der Waals surface area contributed by atoms with Crippen molar-refractivity contribution in [1.29, 1.82) is 5.26 Å². The maximum absolute atomic E-state index is 12.2. The van der Waals surface area contributed by atoms with E-state index >= 15 is 0 Å². The number of hydrogen-bond donors (Lipinski definition) is 1. The van der Waals surface area contributed by atoms with Gasteiger partial charge in [-0.05, 0) is 43.7 Å². The molecule has 0 spiro atoms. The second-order valence-electron chi connectivity index (χ2n) is 4.70. The molecule has 1 heterocycles. The molecule has 22 heavy (non-hydrogen) atoms. The number of rotatable bonds is 3. The summed E-state index contributed by atoms with van der Waals surface area (Å²) in [5.74, 6) is -1.03. The molecule has 0 bridgehead atoms. The van der Waals surface area contributed by atoms with Crippen molar-refractivity contribution in [3.05, 3.63) is 51.9 Å². The van der Waals surface area contributed by atoms with Gasteiger partial charge in [0.25, 0.3) is 0 Å². The van der Waals surface area contributed by atoms with Crippen molar-refractivity contribution in [3.8, 4) is 6.07 Å². The lowest BCUT2D eigenvalue weighted by Gasteiger charge is -2.26. The van der Waals surface area contributed by atoms with E-state index in [0.717, 1.165) is 5.56 Å². The lowest BCUT2D eigenvalue weighted by Crippen LogP contribution is -2.28. The Labute approximate surface area is 133 Å². The third-order valence-corrected chi connectivity index (χ3v) is 3.56. The standard InChI is InChI=1S/C16H15ClN2O3/c1-3-21-16(20)13-9(2)14(22-15(19)12(13)8-18)10-4-6-11(17)7-5-10/h4-7,13H,3,19H2,1-2H3/t13-/m0/s1. The predicted octanol–water partition coefficient (Wildman–Crippen LogP) is 2.97. The van der Waals surface area contributed by atoms with Crippen LogP contribution in [0.3, 0.4) is 0 Å². The van der Waals surface area contributed by atoms with Crippen molar-refractivity contribution in [2.24, 2.45) is 11.7 Å². The first-order valence-corrected chi connectivity index (χ1v) is 7.08. The quantitative estimate of drug-likeness (QED) is 0.866. The van der Waals surface area contributed by atoms with Gasteiger partial charge in [-0.2, -0.15) is 5.26 Å². The summed E-state index contributed by atoms with van der Waals surface area (Å²) in [6.45, 7) is 3.64. The first kappa shape index (κ1) is 15.9. The molecule has 2 N–H and O–H groups in total. The smallest absolute Gasteiger partial charge is 0.318 e. The molecule has 6 heteroatoms. The number of carbonyl (C=O) groups is 1. The Hall–Kier alpha value is -2.45. The number of nitriles is 1. The zero-order valence-electron chi connectivity index (χ0n) is 12.2. The summed E-state index contributed by atoms with van der Waals surface area (Å²) in [6.07, 6.45) is 0. The van der Waals surface area contributed by atoms with Gasteiger partial charge >= 0.3 is 5.97 Å². The Bertz CT molecular complexity index is 699. The lowest BCUT2D eigenvalue weighted by molar-refractivity contribution is -0.145. The minimum atomic E-state index is -0.857. The van der Waals surface area contributed by atoms with Gasteiger partial charge in [-0.25, -0.2) is 0 Å². The normalized spacial score (nSPS) is 17.8. The van der Waals surface area contributed by atoms with Crippen LogP contribution < -0.4 is 5.73 Å². The van der Waals surface area contributed by atoms with Crippen molar-refractivity contribution in [1.82, 2.24) is 0 Å². The monoisotopic (exact) mass is 318 g/mol. The molecule has 1 aliphatic rings. The molecule has 114 valence electrons. The van der Waals surface area contributed by atoms with Crippen LogP contribution in [0.2, 0.25) is 5.02 Å². The fourth-order valence-corrected chi connectivity index (χ4v) is 2.39. The van der Waals surface area contributed by atoms with E-state index in [1.807, 2.05) is 6.07 Å². The number of benzene rings is 1. The highest BCUT2D eigenvalue weighted by Crippen LogP contribution is 2.36. The molecular weight excluding hydrogens is 304 g/mol. The SMILES string of the molecule is CCOC(=O)[C@H]1C(C)=C(c2ccc(Cl)cc2)OC(N)=C1C#N. The van der Waals surface area contributed by atoms with Gasteiger partial charge in [0, 0.05) is 10.6 Å². The largest absolute Gasteiger partial charge is 0.465 e. The third kappa shape index (κ3) is 2.92. The zero-order valence-corrected chi connectivity index (χ0v) is 13.0. The van der Waals surface area contributed by atoms with Crippen molar-refractivity contribution in [2.45, 2.75) is 13.8 Å². The Morgan fingerprint density at radius 2 is 2.09 bits per heavy atom. The van der Waals surface area contributed by atoms with Crippen LogP contribution in [-0.4, -0.2) is 12.6 Å². The number of ether oxygens (including phenoxy) is 2. The van der Waals surface area contributed by atoms with Crippen LogP contribution in [0.15, 0.2) is 41.3 Å². The van der Waals surface area contributed by atoms with Crippen LogP contribution in [0, 0.1) is 17.2 Å². The lowest BCUT2D eigenvalue weighted by atomic mass is 9.88. The Balaban J connectivity index is 2.51. The molecule has 0 radical (unpaired) electrons. The highest BCUT2D eigenvalue weighted by molar-refractivity contribution is 6.30. The Morgan fingerprint density at radius 1 is 1.45 bits per heavy atom. The molecule has 2 rings (SSSR count). The molecule has 5 nitrogen and oxygen atoms in total. The maximum Gasteiger partial charge on any atom is 0.318 e. The number of nitrogens with zero attached hydrogens (tertiary/aromatic N) is 1. The minimum Gasteiger partial charge on any atom is -0.465 e. The van der Waals surface area contributed by atoms with Gasteiger partial charge in [0.15, 0.2) is 0 Å². The minimum absolute atomic E-state index is 0.0636. The first-order valence-electron chi connectivity index (χ1n) is 6.70. The van der Waals surface area contributed by atoms with Crippen molar-refractivity contribution in [2.75, 3.05) is 6.61 Å². The number of esters is 1. The van der Waals surface area contributed by atoms with Gasteiger partial charge in [0.2, 0.25) is 5.88 Å². The van der Waals surface area contributed by atoms with E-state index in [1.54, 1.807) is 38.1 Å². The summed E-state index contributed by atoms with van der Waals surface area (Å²) in [5.41, 5.74) is 7.16. The second kappa shape index (κ2) is 6.54. The predicted molar refractivity (Wildman–Crippen MR) is 82.1 cm³/mol. The zero-order chi connectivity index (χ0) is 16.3. The summed E-state index contributed by atoms with van der Waals surface area (Å²) in [7, 11) is 0. The fraction of sp³-hybridized carbons (Fsp3) is 0.250. The van der Waals surface area contributed by atoms with E-state index in [-0.39, 0.29) is 18.1 Å². The van der Waals surface area contributed by atoms with E-state index in [0.29, 0.717) is 16.4 Å². The second-order valence-corrected chi connectivity index (χ2v) is 5.13. The highest BCUT2D eigenvalue weighted by Gasteiger charge is 2.35. The van der Waals surface area contributed by atoms with Gasteiger partial charge in [-0.1, -0.05) is 11.6 Å². The molecule has 1 aromatic rings. The summed E-state index contributed by atoms with van der Waals surface area (Å²) in [5, 5.41) is 9.83. The fourth-order valence-electron chi connectivity index (χ4n) is 2.26. The van der Waals surface area contributed by atoms with Crippen LogP contribution in [0.5, 0.6) is 0 Å². The molecule has 0 amide bonds. The molecular formula is C16H15ClN2O3. The van der Waals surface area contributed by atoms with Gasteiger partial charge in [-0.3, -0.25) is 4.79 Å².